The molecule has 9 unspecified atom stereocenters. The summed E-state index contributed by atoms with van der Waals surface area (Å²) >= 11 is 0. The molecule has 5 aliphatic rings. The summed E-state index contributed by atoms with van der Waals surface area (Å²) in [5.41, 5.74) is 18.5. The maximum Gasteiger partial charge on any atom is 0.490 e. The Balaban J connectivity index is 0.699. The van der Waals surface area contributed by atoms with Gasteiger partial charge in [-0.3, -0.25) is 65.0 Å². The first-order valence-electron chi connectivity index (χ1n) is 27.6. The van der Waals surface area contributed by atoms with E-state index >= 15 is 4.39 Å². The van der Waals surface area contributed by atoms with Crippen LogP contribution in [0.1, 0.15) is 24.9 Å². The number of nitrogens with zero attached hydrogens (tertiary/aromatic N) is 14. The van der Waals surface area contributed by atoms with Gasteiger partial charge in [0.15, 0.2) is 65.3 Å². The van der Waals surface area contributed by atoms with E-state index in [1.54, 1.807) is 0 Å². The molecule has 5 fully saturated rings. The molecule has 8 aromatic rings. The second-order valence-corrected chi connectivity index (χ2v) is 29.4. The van der Waals surface area contributed by atoms with Crippen LogP contribution in [0.5, 0.6) is 0 Å². The zero-order chi connectivity index (χ0) is 69.4. The number of anilines is 4. The van der Waals surface area contributed by atoms with Gasteiger partial charge in [0.25, 0.3) is 17.1 Å². The summed E-state index contributed by atoms with van der Waals surface area (Å²) in [4.78, 5) is 120. The number of aromatic amines is 2. The number of rotatable bonds is 24. The third-order valence-corrected chi connectivity index (χ3v) is 21.8. The molecule has 13 heterocycles. The summed E-state index contributed by atoms with van der Waals surface area (Å²) in [5.74, 6) is -1.01. The fourth-order valence-electron chi connectivity index (χ4n) is 11.3. The molecule has 19 N–H and O–H groups in total. The van der Waals surface area contributed by atoms with Crippen molar-refractivity contribution >= 4 is 107 Å². The number of alkyl halides is 1. The Morgan fingerprint density at radius 2 is 1.14 bits per heavy atom. The largest absolute Gasteiger partial charge is 0.490 e. The quantitative estimate of drug-likeness (QED) is 0.0199. The zero-order valence-corrected chi connectivity index (χ0v) is 53.0. The molecule has 97 heavy (non-hydrogen) atoms. The molecule has 0 aliphatic carbocycles. The molecule has 526 valence electrons. The standard InChI is InChI=1S/C42H52FN20O29P5/c1-59-12-63(33-20(59)35(69)58-41(47)56-33)38-24(67)22(65)14(86-38)3-83-95(74,75)91-97(78,79)92-96(76,77)84-6-42-5-80-26(39(88-42)61-10-53-18-29(45)49-8-51-31(18)61)27(42)90-94(72,73)82-4-15-25(16(43)36(87-15)60-9-52-17-28(44)48-7-50-30(17)60)89-93(70,71)81-2-13-21(64)23(66)37(85-13)62-11-54-19-32(62)55-40(46)57-34(19)68/h7-16,21-27,36-39,64-67H,2-6H2,1H3,(H14-,44,45,46,47,48,49,50,51,55,56,57,58,68,69,70,71,72,73,74,75,76,77,78,79)/p+1/t13-,14-,15-,16+,21?,22+,23+,24?,25?,26+,27?,36-,37-,38-,39-,42-/m1/s1. The Kier molecular flexibility index (Phi) is 17.8. The van der Waals surface area contributed by atoms with Crippen molar-refractivity contribution in [2.45, 2.75) is 97.7 Å². The highest BCUT2D eigenvalue weighted by Gasteiger charge is 2.66. The topological polar surface area (TPSA) is 697 Å². The predicted octanol–water partition coefficient (Wildman–Crippen LogP) is -4.80. The number of aryl methyl sites for hydroxylation is 1. The van der Waals surface area contributed by atoms with Crippen LogP contribution in [-0.2, 0) is 89.3 Å². The van der Waals surface area contributed by atoms with Crippen LogP contribution in [0, 0.1) is 0 Å². The number of aliphatic hydroxyl groups is 4. The van der Waals surface area contributed by atoms with Gasteiger partial charge in [-0.1, -0.05) is 4.98 Å². The molecule has 21 atom stereocenters. The van der Waals surface area contributed by atoms with Crippen LogP contribution in [0.3, 0.4) is 0 Å². The summed E-state index contributed by atoms with van der Waals surface area (Å²) in [6.45, 7) is -5.79. The second kappa shape index (κ2) is 25.1. The fourth-order valence-corrected chi connectivity index (χ4v) is 16.8. The minimum Gasteiger partial charge on any atom is -0.387 e. The first-order chi connectivity index (χ1) is 45.6. The molecule has 0 saturated carbocycles. The van der Waals surface area contributed by atoms with Crippen molar-refractivity contribution < 1.29 is 136 Å². The third kappa shape index (κ3) is 13.0. The van der Waals surface area contributed by atoms with Gasteiger partial charge in [0.1, 0.15) is 90.3 Å². The number of nitrogens with two attached hydrogens (primary N) is 4. The normalized spacial score (nSPS) is 32.1. The van der Waals surface area contributed by atoms with Gasteiger partial charge >= 0.3 is 44.8 Å². The van der Waals surface area contributed by atoms with E-state index in [2.05, 4.69) is 63.4 Å². The molecule has 5 aliphatic heterocycles. The lowest BCUT2D eigenvalue weighted by molar-refractivity contribution is -0.745. The van der Waals surface area contributed by atoms with Gasteiger partial charge in [0.2, 0.25) is 17.7 Å². The molecule has 49 nitrogen and oxygen atoms in total. The number of nitrogen functional groups attached to an aromatic ring is 4. The summed E-state index contributed by atoms with van der Waals surface area (Å²) in [6, 6.07) is 0. The summed E-state index contributed by atoms with van der Waals surface area (Å²) in [6.07, 6.45) is -21.9. The molecular formula is C42H53FN20O29P5+. The third-order valence-electron chi connectivity index (χ3n) is 15.6. The van der Waals surface area contributed by atoms with E-state index < -0.39 is 181 Å². The maximum absolute atomic E-state index is 17.0. The van der Waals surface area contributed by atoms with Crippen molar-refractivity contribution in [3.63, 3.8) is 0 Å². The number of ether oxygens (including phenoxy) is 5. The molecular weight excluding hydrogens is 1420 g/mol. The van der Waals surface area contributed by atoms with Crippen LogP contribution >= 0.6 is 39.1 Å². The number of fused-ring (bicyclic) bond motifs is 6. The molecule has 13 rings (SSSR count). The van der Waals surface area contributed by atoms with Crippen LogP contribution in [-0.4, -0.2) is 224 Å². The van der Waals surface area contributed by atoms with Gasteiger partial charge in [-0.05, 0) is 0 Å². The molecule has 8 aromatic heterocycles. The first kappa shape index (κ1) is 68.7. The van der Waals surface area contributed by atoms with Gasteiger partial charge in [0, 0.05) is 0 Å². The van der Waals surface area contributed by atoms with E-state index in [4.69, 9.17) is 73.8 Å². The predicted molar refractivity (Wildman–Crippen MR) is 306 cm³/mol. The number of halogens is 1. The molecule has 0 aromatic carbocycles. The smallest absolute Gasteiger partial charge is 0.387 e. The van der Waals surface area contributed by atoms with Gasteiger partial charge in [-0.15, -0.1) is 0 Å². The monoisotopic (exact) mass is 1480 g/mol. The molecule has 0 amide bonds. The minimum atomic E-state index is -6.33. The van der Waals surface area contributed by atoms with Gasteiger partial charge in [-0.2, -0.15) is 13.6 Å². The summed E-state index contributed by atoms with van der Waals surface area (Å²) in [7, 11) is -28.4. The average molecular weight is 1480 g/mol. The highest BCUT2D eigenvalue weighted by Crippen LogP contribution is 2.68. The van der Waals surface area contributed by atoms with E-state index in [9.17, 15) is 77.3 Å². The van der Waals surface area contributed by atoms with Gasteiger partial charge in [-0.25, -0.2) is 66.7 Å². The van der Waals surface area contributed by atoms with Crippen molar-refractivity contribution in [2.24, 2.45) is 7.05 Å². The van der Waals surface area contributed by atoms with Crippen molar-refractivity contribution in [3.05, 3.63) is 58.7 Å². The van der Waals surface area contributed by atoms with Crippen LogP contribution in [0.15, 0.2) is 47.6 Å². The molecule has 5 saturated heterocycles. The number of phosphoric ester groups is 4. The summed E-state index contributed by atoms with van der Waals surface area (Å²) < 4.78 is 160. The van der Waals surface area contributed by atoms with Crippen molar-refractivity contribution in [3.8, 4) is 0 Å². The first-order valence-corrected chi connectivity index (χ1v) is 35.1. The number of hydrogen-bond donors (Lipinski definition) is 15. The Labute approximate surface area is 534 Å². The minimum absolute atomic E-state index is 0.0173. The van der Waals surface area contributed by atoms with Crippen molar-refractivity contribution in [2.75, 3.05) is 56.0 Å². The van der Waals surface area contributed by atoms with E-state index in [0.29, 0.717) is 0 Å². The lowest BCUT2D eigenvalue weighted by Gasteiger charge is -2.32. The number of H-pyrrole nitrogens is 2. The number of phosphoric acid groups is 5. The van der Waals surface area contributed by atoms with E-state index in [0.717, 1.165) is 49.9 Å². The lowest BCUT2D eigenvalue weighted by atomic mass is 10.0. The molecule has 55 heteroatoms. The summed E-state index contributed by atoms with van der Waals surface area (Å²) in [5, 5.41) is 43.6. The Hall–Kier alpha value is -6.80. The number of nitrogens with one attached hydrogen (secondary N) is 2. The SMILES string of the molecule is Cn1c[n+]([C@@H]2O[C@H](COP(=O)(O)OP(=O)(O)OP(=O)(O)OC[C@]34CO[C@@H](C3OP(=O)(O)OC[C@H]3O[C@@H](n5cnc6c(N)ncnc65)[C@@H](F)C3OP(=O)(O)OC[C@H]3O[C@@H](n5cnc6c(=O)[nH]c(N)nc65)[C@@H](O)C3O)[C@H](n3cnc5c(N)ncnc53)O4)[C@H](O)C2O)c2nc(N)[nH]c(=O)c21. The highest BCUT2D eigenvalue weighted by atomic mass is 31.3. The van der Waals surface area contributed by atoms with E-state index in [1.807, 2.05) is 0 Å². The Bertz CT molecular complexity index is 4780. The van der Waals surface area contributed by atoms with Crippen molar-refractivity contribution in [1.29, 1.82) is 0 Å². The second-order valence-electron chi connectivity index (χ2n) is 21.9. The number of hydrogen-bond acceptors (Lipinski definition) is 37. The van der Waals surface area contributed by atoms with Crippen molar-refractivity contribution in [1.82, 2.24) is 73.1 Å². The Morgan fingerprint density at radius 3 is 1.79 bits per heavy atom. The number of aliphatic hydroxyl groups excluding tert-OH is 4. The average Bonchev–Trinajstić information content (AvgIpc) is 1.57. The molecule has 0 spiro atoms. The van der Waals surface area contributed by atoms with Crippen LogP contribution in [0.4, 0.5) is 27.9 Å². The van der Waals surface area contributed by atoms with E-state index in [1.165, 1.54) is 17.9 Å². The highest BCUT2D eigenvalue weighted by molar-refractivity contribution is 7.66. The Morgan fingerprint density at radius 1 is 0.619 bits per heavy atom. The fraction of sp³-hybridized carbons (Fsp3) is 0.524. The van der Waals surface area contributed by atoms with Crippen LogP contribution in [0.2, 0.25) is 0 Å². The maximum atomic E-state index is 17.0. The van der Waals surface area contributed by atoms with E-state index in [-0.39, 0.29) is 68.2 Å². The lowest BCUT2D eigenvalue weighted by Crippen LogP contribution is -2.46. The van der Waals surface area contributed by atoms with Gasteiger partial charge < -0.3 is 91.5 Å². The van der Waals surface area contributed by atoms with Crippen LogP contribution < -0.4 is 38.6 Å². The number of aromatic nitrogens is 16. The van der Waals surface area contributed by atoms with Crippen LogP contribution in [0.25, 0.3) is 44.7 Å². The molecule has 0 radical (unpaired) electrons. The number of imidazole rings is 4. The van der Waals surface area contributed by atoms with Gasteiger partial charge in [0.05, 0.1) is 59.1 Å². The molecule has 2 bridgehead atoms. The zero-order valence-electron chi connectivity index (χ0n) is 48.5.